The van der Waals surface area contributed by atoms with E-state index in [1.165, 1.54) is 24.5 Å². The van der Waals surface area contributed by atoms with Crippen LogP contribution in [0.2, 0.25) is 0 Å². The molecule has 9 heteroatoms. The zero-order chi connectivity index (χ0) is 20.7. The molecule has 0 atom stereocenters. The summed E-state index contributed by atoms with van der Waals surface area (Å²) in [5.74, 6) is 0.409. The summed E-state index contributed by atoms with van der Waals surface area (Å²) >= 11 is 0. The van der Waals surface area contributed by atoms with Gasteiger partial charge in [0.15, 0.2) is 5.96 Å². The maximum absolute atomic E-state index is 13.4. The number of guanidine groups is 1. The molecular weight excluding hydrogens is 506 g/mol. The minimum absolute atomic E-state index is 0. The quantitative estimate of drug-likeness (QED) is 0.325. The number of benzene rings is 2. The minimum Gasteiger partial charge on any atom is -0.357 e. The van der Waals surface area contributed by atoms with E-state index in [2.05, 4.69) is 15.6 Å². The molecule has 2 N–H and O–H groups in total. The number of nitrogens with zero attached hydrogens (tertiary/aromatic N) is 2. The first-order valence-electron chi connectivity index (χ1n) is 9.02. The van der Waals surface area contributed by atoms with E-state index >= 15 is 0 Å². The Morgan fingerprint density at radius 3 is 2.24 bits per heavy atom. The Hall–Kier alpha value is -1.72. The number of aliphatic imine (C=N–C) groups is 1. The smallest absolute Gasteiger partial charge is 0.242 e. The Morgan fingerprint density at radius 2 is 1.69 bits per heavy atom. The van der Waals surface area contributed by atoms with Crippen molar-refractivity contribution in [2.45, 2.75) is 31.8 Å². The summed E-state index contributed by atoms with van der Waals surface area (Å²) in [6, 6.07) is 11.7. The van der Waals surface area contributed by atoms with Crippen molar-refractivity contribution in [2.24, 2.45) is 4.99 Å². The fourth-order valence-corrected chi connectivity index (χ4v) is 3.39. The first kappa shape index (κ1) is 25.3. The third-order valence-corrected chi connectivity index (χ3v) is 5.98. The summed E-state index contributed by atoms with van der Waals surface area (Å²) in [5, 5.41) is 6.38. The van der Waals surface area contributed by atoms with E-state index in [-0.39, 0.29) is 34.7 Å². The molecule has 0 aliphatic heterocycles. The molecule has 0 spiro atoms. The summed E-state index contributed by atoms with van der Waals surface area (Å²) < 4.78 is 38.8. The van der Waals surface area contributed by atoms with Crippen LogP contribution in [-0.2, 0) is 23.1 Å². The Morgan fingerprint density at radius 1 is 1.07 bits per heavy atom. The Kier molecular flexibility index (Phi) is 10.0. The molecule has 0 heterocycles. The fourth-order valence-electron chi connectivity index (χ4n) is 2.49. The van der Waals surface area contributed by atoms with Gasteiger partial charge in [-0.05, 0) is 48.7 Å². The van der Waals surface area contributed by atoms with E-state index < -0.39 is 10.0 Å². The first-order valence-corrected chi connectivity index (χ1v) is 10.5. The average Bonchev–Trinajstić information content (AvgIpc) is 2.67. The summed E-state index contributed by atoms with van der Waals surface area (Å²) in [4.78, 5) is 4.78. The average molecular weight is 534 g/mol. The molecule has 0 saturated heterocycles. The molecule has 0 amide bonds. The molecule has 0 aliphatic carbocycles. The van der Waals surface area contributed by atoms with Crippen molar-refractivity contribution in [3.63, 3.8) is 0 Å². The Bertz CT molecular complexity index is 932. The lowest BCUT2D eigenvalue weighted by molar-refractivity contribution is 0.520. The second kappa shape index (κ2) is 11.5. The summed E-state index contributed by atoms with van der Waals surface area (Å²) in [7, 11) is -0.416. The van der Waals surface area contributed by atoms with Gasteiger partial charge in [0.2, 0.25) is 10.0 Å². The van der Waals surface area contributed by atoms with Gasteiger partial charge < -0.3 is 10.6 Å². The van der Waals surface area contributed by atoms with Crippen LogP contribution in [0.25, 0.3) is 0 Å². The lowest BCUT2D eigenvalue weighted by Gasteiger charge is -2.13. The van der Waals surface area contributed by atoms with Crippen LogP contribution >= 0.6 is 24.0 Å². The number of nitrogens with one attached hydrogen (secondary N) is 2. The molecule has 0 bridgehead atoms. The van der Waals surface area contributed by atoms with Gasteiger partial charge in [-0.3, -0.25) is 0 Å². The van der Waals surface area contributed by atoms with Crippen LogP contribution in [0.3, 0.4) is 0 Å². The van der Waals surface area contributed by atoms with Crippen LogP contribution in [0.15, 0.2) is 52.4 Å². The van der Waals surface area contributed by atoms with Crippen LogP contribution in [0.5, 0.6) is 0 Å². The summed E-state index contributed by atoms with van der Waals surface area (Å²) in [6.07, 6.45) is 0. The van der Waals surface area contributed by atoms with Crippen molar-refractivity contribution in [1.29, 1.82) is 0 Å². The maximum atomic E-state index is 13.4. The molecule has 0 saturated carbocycles. The second-order valence-corrected chi connectivity index (χ2v) is 8.72. The van der Waals surface area contributed by atoms with Crippen LogP contribution in [-0.4, -0.2) is 39.3 Å². The van der Waals surface area contributed by atoms with Crippen LogP contribution in [0.4, 0.5) is 4.39 Å². The lowest BCUT2D eigenvalue weighted by atomic mass is 10.1. The first-order chi connectivity index (χ1) is 13.2. The number of aryl methyl sites for hydroxylation is 1. The second-order valence-electron chi connectivity index (χ2n) is 6.56. The number of halogens is 2. The van der Waals surface area contributed by atoms with Crippen LogP contribution in [0, 0.1) is 12.7 Å². The van der Waals surface area contributed by atoms with Gasteiger partial charge in [-0.1, -0.05) is 24.3 Å². The van der Waals surface area contributed by atoms with E-state index in [9.17, 15) is 12.8 Å². The molecule has 0 aliphatic rings. The van der Waals surface area contributed by atoms with Crippen molar-refractivity contribution in [1.82, 2.24) is 14.9 Å². The lowest BCUT2D eigenvalue weighted by Crippen LogP contribution is -2.36. The van der Waals surface area contributed by atoms with E-state index in [1.807, 2.05) is 6.92 Å². The van der Waals surface area contributed by atoms with E-state index in [0.717, 1.165) is 11.1 Å². The largest absolute Gasteiger partial charge is 0.357 e. The predicted octanol–water partition coefficient (Wildman–Crippen LogP) is 3.26. The molecule has 2 rings (SSSR count). The molecular formula is C20H28FIN4O2S. The van der Waals surface area contributed by atoms with Gasteiger partial charge in [-0.15, -0.1) is 24.0 Å². The van der Waals surface area contributed by atoms with Crippen molar-refractivity contribution in [3.05, 3.63) is 65.0 Å². The Labute approximate surface area is 189 Å². The van der Waals surface area contributed by atoms with Crippen molar-refractivity contribution in [3.8, 4) is 0 Å². The third kappa shape index (κ3) is 7.23. The van der Waals surface area contributed by atoms with Gasteiger partial charge in [-0.25, -0.2) is 22.1 Å². The standard InChI is InChI=1S/C20H27FN4O2S.HI/c1-5-22-20(24-14-17-8-11-19(21)15(2)12-17)23-13-16-6-9-18(10-7-16)28(26,27)25(3)4;/h6-12H,5,13-14H2,1-4H3,(H2,22,23,24);1H. The molecule has 0 aromatic heterocycles. The van der Waals surface area contributed by atoms with Gasteiger partial charge in [0, 0.05) is 27.2 Å². The number of rotatable bonds is 7. The van der Waals surface area contributed by atoms with Crippen molar-refractivity contribution in [2.75, 3.05) is 20.6 Å². The normalized spacial score (nSPS) is 11.9. The molecule has 0 radical (unpaired) electrons. The molecule has 2 aromatic carbocycles. The third-order valence-electron chi connectivity index (χ3n) is 4.15. The van der Waals surface area contributed by atoms with Crippen LogP contribution < -0.4 is 10.6 Å². The molecule has 0 unspecified atom stereocenters. The van der Waals surface area contributed by atoms with E-state index in [1.54, 1.807) is 43.3 Å². The highest BCUT2D eigenvalue weighted by molar-refractivity contribution is 14.0. The highest BCUT2D eigenvalue weighted by Gasteiger charge is 2.16. The predicted molar refractivity (Wildman–Crippen MR) is 126 cm³/mol. The molecule has 160 valence electrons. The van der Waals surface area contributed by atoms with E-state index in [0.29, 0.717) is 31.2 Å². The maximum Gasteiger partial charge on any atom is 0.242 e. The topological polar surface area (TPSA) is 73.8 Å². The highest BCUT2D eigenvalue weighted by Crippen LogP contribution is 2.14. The molecule has 2 aromatic rings. The summed E-state index contributed by atoms with van der Waals surface area (Å²) in [5.41, 5.74) is 2.45. The highest BCUT2D eigenvalue weighted by atomic mass is 127. The van der Waals surface area contributed by atoms with Crippen molar-refractivity contribution >= 4 is 40.0 Å². The number of hydrogen-bond donors (Lipinski definition) is 2. The zero-order valence-corrected chi connectivity index (χ0v) is 20.2. The Balaban J connectivity index is 0.00000420. The summed E-state index contributed by atoms with van der Waals surface area (Å²) in [6.45, 7) is 5.33. The number of hydrogen-bond acceptors (Lipinski definition) is 3. The molecule has 29 heavy (non-hydrogen) atoms. The van der Waals surface area contributed by atoms with Gasteiger partial charge in [-0.2, -0.15) is 0 Å². The van der Waals surface area contributed by atoms with E-state index in [4.69, 9.17) is 0 Å². The zero-order valence-electron chi connectivity index (χ0n) is 17.1. The van der Waals surface area contributed by atoms with Gasteiger partial charge in [0.05, 0.1) is 11.4 Å². The SMILES string of the molecule is CCNC(=NCc1ccc(F)c(C)c1)NCc1ccc(S(=O)(=O)N(C)C)cc1.I. The molecule has 6 nitrogen and oxygen atoms in total. The fraction of sp³-hybridized carbons (Fsp3) is 0.350. The minimum atomic E-state index is -3.43. The van der Waals surface area contributed by atoms with Crippen molar-refractivity contribution < 1.29 is 12.8 Å². The van der Waals surface area contributed by atoms with Gasteiger partial charge in [0.1, 0.15) is 5.82 Å². The monoisotopic (exact) mass is 534 g/mol. The van der Waals surface area contributed by atoms with Gasteiger partial charge >= 0.3 is 0 Å². The molecule has 0 fully saturated rings. The van der Waals surface area contributed by atoms with Crippen LogP contribution in [0.1, 0.15) is 23.6 Å². The number of sulfonamides is 1. The van der Waals surface area contributed by atoms with Gasteiger partial charge in [0.25, 0.3) is 0 Å².